The number of hydrogen-bond acceptors (Lipinski definition) is 2. The molecule has 2 nitrogen and oxygen atoms in total. The SMILES string of the molecule is CC1=C(C)C2=c3ccccc3=NC(=N1)C2. The van der Waals surface area contributed by atoms with Gasteiger partial charge in [-0.2, -0.15) is 0 Å². The molecule has 0 radical (unpaired) electrons. The second kappa shape index (κ2) is 2.89. The third kappa shape index (κ3) is 1.18. The van der Waals surface area contributed by atoms with Crippen LogP contribution in [0.25, 0.3) is 5.57 Å². The summed E-state index contributed by atoms with van der Waals surface area (Å²) in [5, 5.41) is 2.33. The van der Waals surface area contributed by atoms with E-state index in [-0.39, 0.29) is 0 Å². The van der Waals surface area contributed by atoms with Crippen molar-refractivity contribution in [1.82, 2.24) is 0 Å². The van der Waals surface area contributed by atoms with Crippen LogP contribution in [-0.2, 0) is 0 Å². The first-order valence-corrected chi connectivity index (χ1v) is 5.18. The maximum Gasteiger partial charge on any atom is 0.133 e. The van der Waals surface area contributed by atoms with Gasteiger partial charge in [-0.15, -0.1) is 0 Å². The molecule has 2 aliphatic rings. The number of nitrogens with zero attached hydrogens (tertiary/aromatic N) is 2. The molecule has 2 bridgehead atoms. The Hall–Kier alpha value is -1.70. The third-order valence-electron chi connectivity index (χ3n) is 3.11. The van der Waals surface area contributed by atoms with Crippen LogP contribution in [-0.4, -0.2) is 5.84 Å². The van der Waals surface area contributed by atoms with Crippen molar-refractivity contribution >= 4 is 11.4 Å². The molecular formula is C13H12N2. The second-order valence-corrected chi connectivity index (χ2v) is 4.02. The van der Waals surface area contributed by atoms with Crippen LogP contribution in [0.3, 0.4) is 0 Å². The highest BCUT2D eigenvalue weighted by molar-refractivity contribution is 5.97. The van der Waals surface area contributed by atoms with E-state index in [2.05, 4.69) is 42.0 Å². The predicted molar refractivity (Wildman–Crippen MR) is 61.1 cm³/mol. The Balaban J connectivity index is 2.52. The largest absolute Gasteiger partial charge is 0.238 e. The Kier molecular flexibility index (Phi) is 1.66. The van der Waals surface area contributed by atoms with Crippen molar-refractivity contribution in [2.24, 2.45) is 9.98 Å². The van der Waals surface area contributed by atoms with Crippen molar-refractivity contribution in [2.75, 3.05) is 0 Å². The summed E-state index contributed by atoms with van der Waals surface area (Å²) in [7, 11) is 0. The standard InChI is InChI=1S/C13H12N2/c1-8-9(2)14-13-7-11(8)10-5-3-4-6-12(10)15-13/h3-6H,7H2,1-2H3. The average molecular weight is 196 g/mol. The van der Waals surface area contributed by atoms with Crippen LogP contribution in [0.2, 0.25) is 0 Å². The lowest BCUT2D eigenvalue weighted by Crippen LogP contribution is -2.34. The molecule has 0 saturated carbocycles. The molecule has 0 unspecified atom stereocenters. The lowest BCUT2D eigenvalue weighted by molar-refractivity contribution is 1.10. The zero-order valence-electron chi connectivity index (χ0n) is 8.91. The first-order valence-electron chi connectivity index (χ1n) is 5.18. The van der Waals surface area contributed by atoms with Crippen LogP contribution in [0.5, 0.6) is 0 Å². The molecule has 3 rings (SSSR count). The van der Waals surface area contributed by atoms with E-state index in [9.17, 15) is 0 Å². The lowest BCUT2D eigenvalue weighted by Gasteiger charge is -2.19. The number of fused-ring (bicyclic) bond motifs is 3. The van der Waals surface area contributed by atoms with Gasteiger partial charge in [0.25, 0.3) is 0 Å². The van der Waals surface area contributed by atoms with Gasteiger partial charge >= 0.3 is 0 Å². The molecule has 0 amide bonds. The maximum atomic E-state index is 4.55. The molecule has 2 heteroatoms. The zero-order chi connectivity index (χ0) is 10.4. The molecule has 0 atom stereocenters. The molecular weight excluding hydrogens is 184 g/mol. The van der Waals surface area contributed by atoms with Gasteiger partial charge in [0.2, 0.25) is 0 Å². The summed E-state index contributed by atoms with van der Waals surface area (Å²) in [4.78, 5) is 9.04. The summed E-state index contributed by atoms with van der Waals surface area (Å²) in [5.74, 6) is 0.951. The van der Waals surface area contributed by atoms with Crippen molar-refractivity contribution in [3.8, 4) is 0 Å². The molecule has 1 aromatic carbocycles. The summed E-state index contributed by atoms with van der Waals surface area (Å²) in [5.41, 5.74) is 3.80. The fourth-order valence-corrected chi connectivity index (χ4v) is 2.15. The molecule has 0 aromatic heterocycles. The molecule has 0 saturated heterocycles. The highest BCUT2D eigenvalue weighted by atomic mass is 14.9. The van der Waals surface area contributed by atoms with Gasteiger partial charge < -0.3 is 0 Å². The van der Waals surface area contributed by atoms with E-state index in [1.54, 1.807) is 0 Å². The van der Waals surface area contributed by atoms with E-state index in [0.29, 0.717) is 0 Å². The molecule has 0 N–H and O–H groups in total. The van der Waals surface area contributed by atoms with Gasteiger partial charge in [0.1, 0.15) is 5.84 Å². The molecule has 2 heterocycles. The van der Waals surface area contributed by atoms with Crippen LogP contribution in [0.15, 0.2) is 45.5 Å². The van der Waals surface area contributed by atoms with Crippen LogP contribution in [0.1, 0.15) is 20.3 Å². The smallest absolute Gasteiger partial charge is 0.133 e. The van der Waals surface area contributed by atoms with Crippen molar-refractivity contribution in [3.63, 3.8) is 0 Å². The fourth-order valence-electron chi connectivity index (χ4n) is 2.15. The average Bonchev–Trinajstić information content (AvgIpc) is 2.25. The number of amidine groups is 1. The van der Waals surface area contributed by atoms with Gasteiger partial charge in [0.15, 0.2) is 0 Å². The van der Waals surface area contributed by atoms with Gasteiger partial charge in [-0.3, -0.25) is 0 Å². The van der Waals surface area contributed by atoms with Crippen molar-refractivity contribution in [1.29, 1.82) is 0 Å². The van der Waals surface area contributed by atoms with Gasteiger partial charge in [0, 0.05) is 17.3 Å². The lowest BCUT2D eigenvalue weighted by atomic mass is 9.95. The minimum Gasteiger partial charge on any atom is -0.238 e. The van der Waals surface area contributed by atoms with Gasteiger partial charge in [0.05, 0.1) is 5.36 Å². The molecule has 0 fully saturated rings. The maximum absolute atomic E-state index is 4.55. The van der Waals surface area contributed by atoms with Crippen molar-refractivity contribution in [2.45, 2.75) is 20.3 Å². The number of allylic oxidation sites excluding steroid dienone is 2. The minimum atomic E-state index is 0.889. The number of rotatable bonds is 0. The van der Waals surface area contributed by atoms with E-state index in [4.69, 9.17) is 0 Å². The quantitative estimate of drug-likeness (QED) is 0.601. The minimum absolute atomic E-state index is 0.889. The molecule has 0 spiro atoms. The van der Waals surface area contributed by atoms with E-state index in [0.717, 1.165) is 23.3 Å². The topological polar surface area (TPSA) is 24.7 Å². The molecule has 74 valence electrons. The number of para-hydroxylation sites is 1. The van der Waals surface area contributed by atoms with E-state index in [1.165, 1.54) is 16.4 Å². The molecule has 1 aromatic rings. The highest BCUT2D eigenvalue weighted by Gasteiger charge is 2.17. The van der Waals surface area contributed by atoms with Gasteiger partial charge in [-0.1, -0.05) is 18.2 Å². The summed E-state index contributed by atoms with van der Waals surface area (Å²) < 4.78 is 0. The Morgan fingerprint density at radius 2 is 1.87 bits per heavy atom. The Morgan fingerprint density at radius 1 is 1.07 bits per heavy atom. The molecule has 0 aliphatic carbocycles. The Bertz CT molecular complexity index is 618. The highest BCUT2D eigenvalue weighted by Crippen LogP contribution is 2.25. The predicted octanol–water partition coefficient (Wildman–Crippen LogP) is 1.57. The van der Waals surface area contributed by atoms with Crippen molar-refractivity contribution < 1.29 is 0 Å². The third-order valence-corrected chi connectivity index (χ3v) is 3.11. The van der Waals surface area contributed by atoms with Crippen LogP contribution >= 0.6 is 0 Å². The Labute approximate surface area is 88.4 Å². The summed E-state index contributed by atoms with van der Waals surface area (Å²) in [6, 6.07) is 8.29. The summed E-state index contributed by atoms with van der Waals surface area (Å²) in [6.07, 6.45) is 0.889. The number of aliphatic imine (C=N–C) groups is 1. The van der Waals surface area contributed by atoms with Crippen LogP contribution < -0.4 is 10.6 Å². The van der Waals surface area contributed by atoms with E-state index >= 15 is 0 Å². The van der Waals surface area contributed by atoms with Crippen LogP contribution in [0.4, 0.5) is 0 Å². The van der Waals surface area contributed by atoms with Crippen LogP contribution in [0, 0.1) is 0 Å². The van der Waals surface area contributed by atoms with Gasteiger partial charge in [-0.25, -0.2) is 9.98 Å². The fraction of sp³-hybridized carbons (Fsp3) is 0.231. The Morgan fingerprint density at radius 3 is 2.73 bits per heavy atom. The first kappa shape index (κ1) is 8.60. The molecule has 15 heavy (non-hydrogen) atoms. The first-order chi connectivity index (χ1) is 7.25. The number of benzene rings is 1. The zero-order valence-corrected chi connectivity index (χ0v) is 8.91. The summed E-state index contributed by atoms with van der Waals surface area (Å²) >= 11 is 0. The van der Waals surface area contributed by atoms with Crippen molar-refractivity contribution in [3.05, 3.63) is 46.1 Å². The second-order valence-electron chi connectivity index (χ2n) is 4.02. The molecule has 2 aliphatic heterocycles. The normalized spacial score (nSPS) is 18.3. The van der Waals surface area contributed by atoms with E-state index in [1.807, 2.05) is 6.07 Å². The van der Waals surface area contributed by atoms with E-state index < -0.39 is 0 Å². The monoisotopic (exact) mass is 196 g/mol. The number of hydrogen-bond donors (Lipinski definition) is 0. The van der Waals surface area contributed by atoms with Gasteiger partial charge in [-0.05, 0) is 31.1 Å². The summed E-state index contributed by atoms with van der Waals surface area (Å²) in [6.45, 7) is 4.20.